The molecule has 68 valence electrons. The highest BCUT2D eigenvalue weighted by Gasteiger charge is 2.28. The van der Waals surface area contributed by atoms with Crippen molar-refractivity contribution in [3.63, 3.8) is 0 Å². The molecule has 0 fully saturated rings. The van der Waals surface area contributed by atoms with Crippen LogP contribution in [0.4, 0.5) is 0 Å². The van der Waals surface area contributed by atoms with Crippen LogP contribution < -0.4 is 0 Å². The second kappa shape index (κ2) is 3.30. The van der Waals surface area contributed by atoms with Crippen molar-refractivity contribution in [2.75, 3.05) is 6.61 Å². The van der Waals surface area contributed by atoms with Crippen LogP contribution in [-0.2, 0) is 9.53 Å². The lowest BCUT2D eigenvalue weighted by molar-refractivity contribution is -0.121. The summed E-state index contributed by atoms with van der Waals surface area (Å²) in [6.07, 6.45) is 3.46. The van der Waals surface area contributed by atoms with Crippen LogP contribution in [0, 0.1) is 5.41 Å². The summed E-state index contributed by atoms with van der Waals surface area (Å²) in [4.78, 5) is 11.4. The molecule has 0 aromatic carbocycles. The van der Waals surface area contributed by atoms with E-state index >= 15 is 0 Å². The predicted octanol–water partition coefficient (Wildman–Crippen LogP) is 2.30. The molecular weight excluding hydrogens is 152 g/mol. The lowest BCUT2D eigenvalue weighted by atomic mass is 9.80. The van der Waals surface area contributed by atoms with E-state index < -0.39 is 0 Å². The van der Waals surface area contributed by atoms with Crippen LogP contribution in [0.3, 0.4) is 0 Å². The Morgan fingerprint density at radius 3 is 2.75 bits per heavy atom. The summed E-state index contributed by atoms with van der Waals surface area (Å²) in [6.45, 7) is 6.68. The van der Waals surface area contributed by atoms with Crippen LogP contribution in [0.1, 0.15) is 33.6 Å². The Morgan fingerprint density at radius 1 is 1.58 bits per heavy atom. The summed E-state index contributed by atoms with van der Waals surface area (Å²) >= 11 is 0. The van der Waals surface area contributed by atoms with E-state index in [1.807, 2.05) is 13.0 Å². The second-order valence-corrected chi connectivity index (χ2v) is 3.97. The molecule has 12 heavy (non-hydrogen) atoms. The van der Waals surface area contributed by atoms with Gasteiger partial charge in [-0.2, -0.15) is 0 Å². The number of rotatable bonds is 2. The van der Waals surface area contributed by atoms with Gasteiger partial charge in [0.05, 0.1) is 6.61 Å². The molecule has 0 bridgehead atoms. The Kier molecular flexibility index (Phi) is 2.55. The van der Waals surface area contributed by atoms with E-state index in [0.29, 0.717) is 18.8 Å². The average Bonchev–Trinajstić information content (AvgIpc) is 1.94. The minimum Gasteiger partial charge on any atom is -0.490 e. The van der Waals surface area contributed by atoms with E-state index in [1.54, 1.807) is 0 Å². The van der Waals surface area contributed by atoms with E-state index in [0.717, 1.165) is 6.42 Å². The van der Waals surface area contributed by atoms with E-state index in [4.69, 9.17) is 4.74 Å². The molecule has 0 aromatic rings. The topological polar surface area (TPSA) is 26.3 Å². The molecule has 0 unspecified atom stereocenters. The van der Waals surface area contributed by atoms with Crippen molar-refractivity contribution in [3.05, 3.63) is 11.8 Å². The summed E-state index contributed by atoms with van der Waals surface area (Å²) in [7, 11) is 0. The third-order valence-corrected chi connectivity index (χ3v) is 2.05. The van der Waals surface area contributed by atoms with Crippen molar-refractivity contribution >= 4 is 5.78 Å². The van der Waals surface area contributed by atoms with Crippen LogP contribution in [0.15, 0.2) is 11.8 Å². The number of ketones is 1. The highest BCUT2D eigenvalue weighted by atomic mass is 16.5. The SMILES string of the molecule is CCOC1=CCC(C)(C)CC1=O. The van der Waals surface area contributed by atoms with Gasteiger partial charge in [0, 0.05) is 6.42 Å². The molecule has 0 radical (unpaired) electrons. The number of ether oxygens (including phenoxy) is 1. The maximum absolute atomic E-state index is 11.4. The van der Waals surface area contributed by atoms with Gasteiger partial charge in [0.25, 0.3) is 0 Å². The fourth-order valence-corrected chi connectivity index (χ4v) is 1.37. The average molecular weight is 168 g/mol. The fourth-order valence-electron chi connectivity index (χ4n) is 1.37. The van der Waals surface area contributed by atoms with Gasteiger partial charge in [0.15, 0.2) is 11.5 Å². The summed E-state index contributed by atoms with van der Waals surface area (Å²) in [5.41, 5.74) is 0.123. The van der Waals surface area contributed by atoms with Gasteiger partial charge >= 0.3 is 0 Å². The first-order chi connectivity index (χ1) is 5.55. The third kappa shape index (κ3) is 2.10. The molecule has 0 spiro atoms. The van der Waals surface area contributed by atoms with Crippen molar-refractivity contribution in [2.45, 2.75) is 33.6 Å². The quantitative estimate of drug-likeness (QED) is 0.632. The smallest absolute Gasteiger partial charge is 0.197 e. The fraction of sp³-hybridized carbons (Fsp3) is 0.700. The molecule has 0 atom stereocenters. The molecule has 0 heterocycles. The van der Waals surface area contributed by atoms with Crippen molar-refractivity contribution in [3.8, 4) is 0 Å². The Bertz CT molecular complexity index is 214. The first kappa shape index (κ1) is 9.30. The third-order valence-electron chi connectivity index (χ3n) is 2.05. The first-order valence-electron chi connectivity index (χ1n) is 4.41. The maximum Gasteiger partial charge on any atom is 0.197 e. The van der Waals surface area contributed by atoms with Crippen LogP contribution in [-0.4, -0.2) is 12.4 Å². The number of hydrogen-bond donors (Lipinski definition) is 0. The summed E-state index contributed by atoms with van der Waals surface area (Å²) < 4.78 is 5.20. The van der Waals surface area contributed by atoms with Crippen molar-refractivity contribution in [2.24, 2.45) is 5.41 Å². The van der Waals surface area contributed by atoms with Crippen LogP contribution in [0.2, 0.25) is 0 Å². The number of Topliss-reactive ketones (excluding diaryl/α,β-unsaturated/α-hetero) is 1. The van der Waals surface area contributed by atoms with Gasteiger partial charge in [-0.25, -0.2) is 0 Å². The maximum atomic E-state index is 11.4. The number of carbonyl (C=O) groups is 1. The van der Waals surface area contributed by atoms with Crippen LogP contribution in [0.5, 0.6) is 0 Å². The Hall–Kier alpha value is -0.790. The van der Waals surface area contributed by atoms with E-state index in [2.05, 4.69) is 13.8 Å². The predicted molar refractivity (Wildman–Crippen MR) is 47.7 cm³/mol. The highest BCUT2D eigenvalue weighted by Crippen LogP contribution is 2.32. The van der Waals surface area contributed by atoms with Gasteiger partial charge < -0.3 is 4.74 Å². The Balaban J connectivity index is 2.68. The molecule has 2 nitrogen and oxygen atoms in total. The highest BCUT2D eigenvalue weighted by molar-refractivity contribution is 5.94. The zero-order valence-electron chi connectivity index (χ0n) is 8.02. The minimum atomic E-state index is 0.123. The van der Waals surface area contributed by atoms with Crippen molar-refractivity contribution in [1.29, 1.82) is 0 Å². The van der Waals surface area contributed by atoms with Crippen LogP contribution in [0.25, 0.3) is 0 Å². The number of hydrogen-bond acceptors (Lipinski definition) is 2. The molecule has 0 N–H and O–H groups in total. The molecule has 0 amide bonds. The summed E-state index contributed by atoms with van der Waals surface area (Å²) in [6, 6.07) is 0. The monoisotopic (exact) mass is 168 g/mol. The normalized spacial score (nSPS) is 21.9. The minimum absolute atomic E-state index is 0.123. The van der Waals surface area contributed by atoms with Crippen molar-refractivity contribution in [1.82, 2.24) is 0 Å². The standard InChI is InChI=1S/C10H16O2/c1-4-12-9-5-6-10(2,3)7-8(9)11/h5H,4,6-7H2,1-3H3. The van der Waals surface area contributed by atoms with E-state index in [-0.39, 0.29) is 11.2 Å². The van der Waals surface area contributed by atoms with Gasteiger partial charge in [-0.3, -0.25) is 4.79 Å². The second-order valence-electron chi connectivity index (χ2n) is 3.97. The Labute approximate surface area is 73.6 Å². The van der Waals surface area contributed by atoms with E-state index in [9.17, 15) is 4.79 Å². The molecule has 0 saturated heterocycles. The zero-order chi connectivity index (χ0) is 9.19. The summed E-state index contributed by atoms with van der Waals surface area (Å²) in [5, 5.41) is 0. The largest absolute Gasteiger partial charge is 0.490 e. The van der Waals surface area contributed by atoms with Gasteiger partial charge in [-0.1, -0.05) is 13.8 Å². The number of carbonyl (C=O) groups excluding carboxylic acids is 1. The number of allylic oxidation sites excluding steroid dienone is 2. The van der Waals surface area contributed by atoms with Gasteiger partial charge in [0.1, 0.15) is 0 Å². The zero-order valence-corrected chi connectivity index (χ0v) is 8.02. The molecule has 0 saturated carbocycles. The van der Waals surface area contributed by atoms with Crippen LogP contribution >= 0.6 is 0 Å². The lowest BCUT2D eigenvalue weighted by Crippen LogP contribution is -2.23. The molecule has 1 aliphatic rings. The summed E-state index contributed by atoms with van der Waals surface area (Å²) in [5.74, 6) is 0.713. The molecule has 0 aromatic heterocycles. The first-order valence-corrected chi connectivity index (χ1v) is 4.41. The van der Waals surface area contributed by atoms with E-state index in [1.165, 1.54) is 0 Å². The van der Waals surface area contributed by atoms with Crippen molar-refractivity contribution < 1.29 is 9.53 Å². The molecule has 1 rings (SSSR count). The van der Waals surface area contributed by atoms with Gasteiger partial charge in [0.2, 0.25) is 0 Å². The molecule has 1 aliphatic carbocycles. The molecule has 0 aliphatic heterocycles. The molecular formula is C10H16O2. The Morgan fingerprint density at radius 2 is 2.25 bits per heavy atom. The van der Waals surface area contributed by atoms with Gasteiger partial charge in [-0.05, 0) is 24.8 Å². The molecule has 2 heteroatoms. The lowest BCUT2D eigenvalue weighted by Gasteiger charge is -2.26. The van der Waals surface area contributed by atoms with Gasteiger partial charge in [-0.15, -0.1) is 0 Å².